The third-order valence-corrected chi connectivity index (χ3v) is 6.06. The summed E-state index contributed by atoms with van der Waals surface area (Å²) < 4.78 is 2.03. The van der Waals surface area contributed by atoms with Crippen molar-refractivity contribution in [2.75, 3.05) is 20.1 Å². The number of aromatic nitrogens is 4. The van der Waals surface area contributed by atoms with Crippen LogP contribution in [0.3, 0.4) is 0 Å². The minimum atomic E-state index is -0.0512. The molecular formula is C23H25N5O. The van der Waals surface area contributed by atoms with Gasteiger partial charge in [0, 0.05) is 18.3 Å². The molecule has 0 radical (unpaired) electrons. The first-order valence-electron chi connectivity index (χ1n) is 10.2. The summed E-state index contributed by atoms with van der Waals surface area (Å²) in [6.45, 7) is 6.15. The van der Waals surface area contributed by atoms with Gasteiger partial charge in [0.05, 0.1) is 16.6 Å². The molecule has 6 nitrogen and oxygen atoms in total. The quantitative estimate of drug-likeness (QED) is 0.570. The van der Waals surface area contributed by atoms with E-state index in [2.05, 4.69) is 41.1 Å². The highest BCUT2D eigenvalue weighted by Crippen LogP contribution is 2.29. The number of benzene rings is 1. The Hall–Kier alpha value is -2.99. The maximum atomic E-state index is 12.9. The minimum Gasteiger partial charge on any atom is -0.310 e. The van der Waals surface area contributed by atoms with Gasteiger partial charge < -0.3 is 14.3 Å². The molecule has 1 aliphatic heterocycles. The van der Waals surface area contributed by atoms with Crippen LogP contribution in [0.15, 0.2) is 41.5 Å². The second-order valence-electron chi connectivity index (χ2n) is 8.28. The number of fused-ring (bicyclic) bond motifs is 2. The van der Waals surface area contributed by atoms with Crippen LogP contribution in [0.5, 0.6) is 0 Å². The van der Waals surface area contributed by atoms with Crippen molar-refractivity contribution in [3.8, 4) is 11.1 Å². The lowest BCUT2D eigenvalue weighted by atomic mass is 9.95. The third-order valence-electron chi connectivity index (χ3n) is 6.06. The maximum absolute atomic E-state index is 12.9. The van der Waals surface area contributed by atoms with E-state index in [0.717, 1.165) is 65.3 Å². The molecule has 0 unspecified atom stereocenters. The first-order valence-corrected chi connectivity index (χ1v) is 10.2. The van der Waals surface area contributed by atoms with Crippen LogP contribution in [0.1, 0.15) is 35.8 Å². The number of aryl methyl sites for hydroxylation is 2. The van der Waals surface area contributed by atoms with Gasteiger partial charge in [-0.1, -0.05) is 0 Å². The van der Waals surface area contributed by atoms with Gasteiger partial charge in [-0.3, -0.25) is 4.79 Å². The molecule has 0 bridgehead atoms. The molecule has 1 fully saturated rings. The van der Waals surface area contributed by atoms with E-state index in [0.29, 0.717) is 11.3 Å². The zero-order chi connectivity index (χ0) is 20.1. The van der Waals surface area contributed by atoms with Crippen LogP contribution in [-0.2, 0) is 0 Å². The summed E-state index contributed by atoms with van der Waals surface area (Å²) in [6.07, 6.45) is 6.15. The zero-order valence-electron chi connectivity index (χ0n) is 17.1. The molecule has 6 heteroatoms. The first kappa shape index (κ1) is 18.1. The van der Waals surface area contributed by atoms with Crippen LogP contribution in [0.2, 0.25) is 0 Å². The number of hydrogen-bond acceptors (Lipinski definition) is 4. The van der Waals surface area contributed by atoms with Gasteiger partial charge in [0.15, 0.2) is 0 Å². The van der Waals surface area contributed by atoms with E-state index in [-0.39, 0.29) is 5.56 Å². The van der Waals surface area contributed by atoms with E-state index in [1.807, 2.05) is 35.7 Å². The number of imidazole rings is 1. The smallest absolute Gasteiger partial charge is 0.258 e. The minimum absolute atomic E-state index is 0.0512. The van der Waals surface area contributed by atoms with Gasteiger partial charge in [0.2, 0.25) is 0 Å². The fourth-order valence-corrected chi connectivity index (χ4v) is 4.37. The number of nitrogens with zero attached hydrogens (tertiary/aromatic N) is 4. The molecule has 0 saturated carbocycles. The van der Waals surface area contributed by atoms with Crippen molar-refractivity contribution >= 4 is 16.6 Å². The van der Waals surface area contributed by atoms with Crippen molar-refractivity contribution in [1.29, 1.82) is 0 Å². The molecule has 0 atom stereocenters. The average molecular weight is 387 g/mol. The first-order chi connectivity index (χ1) is 14.0. The van der Waals surface area contributed by atoms with Gasteiger partial charge >= 0.3 is 0 Å². The van der Waals surface area contributed by atoms with E-state index in [1.165, 1.54) is 0 Å². The Morgan fingerprint density at radius 1 is 1.07 bits per heavy atom. The Morgan fingerprint density at radius 3 is 2.66 bits per heavy atom. The molecule has 0 spiro atoms. The largest absolute Gasteiger partial charge is 0.310 e. The molecule has 4 heterocycles. The lowest BCUT2D eigenvalue weighted by molar-refractivity contribution is 0.251. The number of pyridine rings is 1. The summed E-state index contributed by atoms with van der Waals surface area (Å²) in [5, 5.41) is 0.643. The maximum Gasteiger partial charge on any atom is 0.258 e. The van der Waals surface area contributed by atoms with Crippen LogP contribution in [0.4, 0.5) is 0 Å². The van der Waals surface area contributed by atoms with Crippen LogP contribution in [0.25, 0.3) is 27.7 Å². The van der Waals surface area contributed by atoms with E-state index >= 15 is 0 Å². The Kier molecular flexibility index (Phi) is 4.24. The average Bonchev–Trinajstić information content (AvgIpc) is 3.07. The topological polar surface area (TPSA) is 66.3 Å². The molecule has 3 aromatic heterocycles. The van der Waals surface area contributed by atoms with E-state index < -0.39 is 0 Å². The summed E-state index contributed by atoms with van der Waals surface area (Å²) in [7, 11) is 2.14. The van der Waals surface area contributed by atoms with Crippen LogP contribution < -0.4 is 5.56 Å². The number of aromatic amines is 1. The lowest BCUT2D eigenvalue weighted by Crippen LogP contribution is -2.30. The monoisotopic (exact) mass is 387 g/mol. The van der Waals surface area contributed by atoms with Crippen molar-refractivity contribution in [2.45, 2.75) is 32.6 Å². The van der Waals surface area contributed by atoms with Gasteiger partial charge in [0.1, 0.15) is 11.5 Å². The number of likely N-dealkylation sites (tertiary alicyclic amines) is 1. The summed E-state index contributed by atoms with van der Waals surface area (Å²) in [5.41, 5.74) is 5.86. The van der Waals surface area contributed by atoms with Gasteiger partial charge in [-0.05, 0) is 87.8 Å². The molecule has 0 amide bonds. The number of hydrogen-bond donors (Lipinski definition) is 1. The standard InChI is InChI=1S/C23H25N5O/c1-14-10-20-19(23(29)26-22(25-20)16-6-8-27(3)9-7-16)11-18(14)17-4-5-21-24-15(2)12-28(21)13-17/h4-5,10-13,16H,6-9H2,1-3H3,(H,25,26,29). The van der Waals surface area contributed by atoms with Gasteiger partial charge in [-0.2, -0.15) is 0 Å². The Labute approximate surface area is 169 Å². The molecule has 29 heavy (non-hydrogen) atoms. The zero-order valence-corrected chi connectivity index (χ0v) is 17.1. The fraction of sp³-hybridized carbons (Fsp3) is 0.348. The molecule has 5 rings (SSSR count). The van der Waals surface area contributed by atoms with E-state index in [4.69, 9.17) is 4.98 Å². The number of nitrogens with one attached hydrogen (secondary N) is 1. The van der Waals surface area contributed by atoms with E-state index in [9.17, 15) is 4.79 Å². The fourth-order valence-electron chi connectivity index (χ4n) is 4.37. The molecule has 4 aromatic rings. The summed E-state index contributed by atoms with van der Waals surface area (Å²) in [6, 6.07) is 8.09. The Morgan fingerprint density at radius 2 is 1.86 bits per heavy atom. The Bertz CT molecular complexity index is 1280. The second kappa shape index (κ2) is 6.81. The predicted octanol–water partition coefficient (Wildman–Crippen LogP) is 3.66. The third kappa shape index (κ3) is 3.23. The van der Waals surface area contributed by atoms with Gasteiger partial charge in [-0.25, -0.2) is 9.97 Å². The second-order valence-corrected chi connectivity index (χ2v) is 8.28. The molecule has 0 aliphatic carbocycles. The van der Waals surface area contributed by atoms with Crippen LogP contribution in [0, 0.1) is 13.8 Å². The summed E-state index contributed by atoms with van der Waals surface area (Å²) >= 11 is 0. The molecule has 1 N–H and O–H groups in total. The van der Waals surface area contributed by atoms with Crippen molar-refractivity contribution in [1.82, 2.24) is 24.3 Å². The van der Waals surface area contributed by atoms with Gasteiger partial charge in [-0.15, -0.1) is 0 Å². The molecule has 148 valence electrons. The number of piperidine rings is 1. The highest BCUT2D eigenvalue weighted by atomic mass is 16.1. The normalized spacial score (nSPS) is 16.1. The number of rotatable bonds is 2. The molecule has 1 aromatic carbocycles. The summed E-state index contributed by atoms with van der Waals surface area (Å²) in [5.74, 6) is 1.16. The lowest BCUT2D eigenvalue weighted by Gasteiger charge is -2.28. The van der Waals surface area contributed by atoms with Crippen molar-refractivity contribution in [3.05, 3.63) is 64.1 Å². The summed E-state index contributed by atoms with van der Waals surface area (Å²) in [4.78, 5) is 27.6. The predicted molar refractivity (Wildman–Crippen MR) is 115 cm³/mol. The number of H-pyrrole nitrogens is 1. The highest BCUT2D eigenvalue weighted by Gasteiger charge is 2.21. The molecule has 1 aliphatic rings. The SMILES string of the molecule is Cc1cn2cc(-c3cc4c(=O)[nH]c(C5CCN(C)CC5)nc4cc3C)ccc2n1. The molecular weight excluding hydrogens is 362 g/mol. The van der Waals surface area contributed by atoms with Gasteiger partial charge in [0.25, 0.3) is 5.56 Å². The van der Waals surface area contributed by atoms with Crippen molar-refractivity contribution < 1.29 is 0 Å². The molecule has 1 saturated heterocycles. The van der Waals surface area contributed by atoms with E-state index in [1.54, 1.807) is 0 Å². The van der Waals surface area contributed by atoms with Crippen LogP contribution in [-0.4, -0.2) is 44.4 Å². The van der Waals surface area contributed by atoms with Crippen molar-refractivity contribution in [3.63, 3.8) is 0 Å². The Balaban J connectivity index is 1.59. The highest BCUT2D eigenvalue weighted by molar-refractivity contribution is 5.86. The van der Waals surface area contributed by atoms with Crippen LogP contribution >= 0.6 is 0 Å². The van der Waals surface area contributed by atoms with Crippen molar-refractivity contribution in [2.24, 2.45) is 0 Å².